The Morgan fingerprint density at radius 2 is 2.06 bits per heavy atom. The lowest BCUT2D eigenvalue weighted by Gasteiger charge is -2.05. The van der Waals surface area contributed by atoms with E-state index in [2.05, 4.69) is 4.98 Å². The van der Waals surface area contributed by atoms with E-state index in [0.717, 1.165) is 29.4 Å². The van der Waals surface area contributed by atoms with E-state index in [0.29, 0.717) is 11.8 Å². The quantitative estimate of drug-likeness (QED) is 0.733. The Morgan fingerprint density at radius 3 is 2.62 bits per heavy atom. The van der Waals surface area contributed by atoms with Crippen LogP contribution in [0.25, 0.3) is 0 Å². The van der Waals surface area contributed by atoms with Crippen LogP contribution in [0.1, 0.15) is 49.1 Å². The van der Waals surface area contributed by atoms with Crippen molar-refractivity contribution < 1.29 is 4.42 Å². The van der Waals surface area contributed by atoms with Crippen molar-refractivity contribution >= 4 is 11.6 Å². The SMILES string of the molecule is CC(Cl)c1ncc(C2C3C4CCC(C4)C23)o1. The minimum atomic E-state index is -0.107. The molecule has 1 aromatic heterocycles. The summed E-state index contributed by atoms with van der Waals surface area (Å²) < 4.78 is 5.79. The van der Waals surface area contributed by atoms with E-state index in [4.69, 9.17) is 16.0 Å². The van der Waals surface area contributed by atoms with Gasteiger partial charge in [-0.05, 0) is 49.9 Å². The molecular formula is C13H16ClNO. The first kappa shape index (κ1) is 9.52. The molecule has 0 amide bonds. The van der Waals surface area contributed by atoms with Crippen LogP contribution in [-0.2, 0) is 0 Å². The summed E-state index contributed by atoms with van der Waals surface area (Å²) >= 11 is 5.98. The molecule has 4 rings (SSSR count). The number of oxazole rings is 1. The molecule has 1 aromatic rings. The Balaban J connectivity index is 1.59. The lowest BCUT2D eigenvalue weighted by molar-refractivity contribution is 0.417. The summed E-state index contributed by atoms with van der Waals surface area (Å²) in [5.41, 5.74) is 0. The summed E-state index contributed by atoms with van der Waals surface area (Å²) in [5.74, 6) is 6.30. The normalized spacial score (nSPS) is 45.8. The fourth-order valence-electron chi connectivity index (χ4n) is 4.34. The predicted octanol–water partition coefficient (Wildman–Crippen LogP) is 3.73. The largest absolute Gasteiger partial charge is 0.444 e. The van der Waals surface area contributed by atoms with Crippen molar-refractivity contribution in [3.63, 3.8) is 0 Å². The van der Waals surface area contributed by atoms with E-state index in [9.17, 15) is 0 Å². The van der Waals surface area contributed by atoms with Gasteiger partial charge in [-0.25, -0.2) is 4.98 Å². The monoisotopic (exact) mass is 237 g/mol. The van der Waals surface area contributed by atoms with Gasteiger partial charge in [0.2, 0.25) is 5.89 Å². The number of halogens is 1. The number of fused-ring (bicyclic) bond motifs is 5. The van der Waals surface area contributed by atoms with Gasteiger partial charge >= 0.3 is 0 Å². The predicted molar refractivity (Wildman–Crippen MR) is 61.3 cm³/mol. The van der Waals surface area contributed by atoms with Crippen LogP contribution in [0.15, 0.2) is 10.6 Å². The lowest BCUT2D eigenvalue weighted by Crippen LogP contribution is -1.96. The number of rotatable bonds is 2. The summed E-state index contributed by atoms with van der Waals surface area (Å²) in [4.78, 5) is 4.28. The zero-order chi connectivity index (χ0) is 10.9. The van der Waals surface area contributed by atoms with Gasteiger partial charge in [-0.15, -0.1) is 11.6 Å². The minimum absolute atomic E-state index is 0.107. The molecule has 0 aliphatic heterocycles. The average molecular weight is 238 g/mol. The molecule has 0 aromatic carbocycles. The van der Waals surface area contributed by atoms with Crippen molar-refractivity contribution in [1.29, 1.82) is 0 Å². The Labute approximate surface area is 100 Å². The van der Waals surface area contributed by atoms with Gasteiger partial charge in [0.1, 0.15) is 11.1 Å². The topological polar surface area (TPSA) is 26.0 Å². The van der Waals surface area contributed by atoms with Crippen LogP contribution in [0.2, 0.25) is 0 Å². The Kier molecular flexibility index (Phi) is 1.81. The Bertz CT molecular complexity index is 411. The van der Waals surface area contributed by atoms with E-state index in [1.165, 1.54) is 19.3 Å². The molecule has 2 nitrogen and oxygen atoms in total. The first-order valence-corrected chi connectivity index (χ1v) is 6.79. The second-order valence-electron chi connectivity index (χ2n) is 5.73. The molecule has 0 N–H and O–H groups in total. The second kappa shape index (κ2) is 3.04. The molecule has 86 valence electrons. The summed E-state index contributed by atoms with van der Waals surface area (Å²) in [6.07, 6.45) is 6.31. The molecule has 3 heteroatoms. The van der Waals surface area contributed by atoms with E-state index in [1.807, 2.05) is 13.1 Å². The van der Waals surface area contributed by atoms with Gasteiger partial charge in [0, 0.05) is 5.92 Å². The van der Waals surface area contributed by atoms with Gasteiger partial charge in [-0.2, -0.15) is 0 Å². The van der Waals surface area contributed by atoms with Crippen LogP contribution in [0.4, 0.5) is 0 Å². The van der Waals surface area contributed by atoms with Crippen molar-refractivity contribution in [3.05, 3.63) is 17.8 Å². The fraction of sp³-hybridized carbons (Fsp3) is 0.769. The molecule has 3 saturated carbocycles. The molecule has 3 fully saturated rings. The molecule has 2 bridgehead atoms. The smallest absolute Gasteiger partial charge is 0.212 e. The maximum atomic E-state index is 5.98. The van der Waals surface area contributed by atoms with E-state index >= 15 is 0 Å². The minimum Gasteiger partial charge on any atom is -0.444 e. The van der Waals surface area contributed by atoms with Gasteiger partial charge in [0.15, 0.2) is 0 Å². The Morgan fingerprint density at radius 1 is 1.38 bits per heavy atom. The molecule has 5 atom stereocenters. The van der Waals surface area contributed by atoms with Crippen molar-refractivity contribution in [2.75, 3.05) is 0 Å². The van der Waals surface area contributed by atoms with Crippen LogP contribution < -0.4 is 0 Å². The van der Waals surface area contributed by atoms with E-state index in [1.54, 1.807) is 0 Å². The average Bonchev–Trinajstić information content (AvgIpc) is 2.74. The first-order valence-electron chi connectivity index (χ1n) is 6.35. The zero-order valence-electron chi connectivity index (χ0n) is 9.40. The third-order valence-corrected chi connectivity index (χ3v) is 5.13. The number of alkyl halides is 1. The fourth-order valence-corrected chi connectivity index (χ4v) is 4.44. The van der Waals surface area contributed by atoms with Gasteiger partial charge in [0.25, 0.3) is 0 Å². The molecule has 16 heavy (non-hydrogen) atoms. The highest BCUT2D eigenvalue weighted by molar-refractivity contribution is 6.20. The number of hydrogen-bond donors (Lipinski definition) is 0. The summed E-state index contributed by atoms with van der Waals surface area (Å²) in [6, 6.07) is 0. The maximum Gasteiger partial charge on any atom is 0.212 e. The Hall–Kier alpha value is -0.500. The maximum absolute atomic E-state index is 5.98. The zero-order valence-corrected chi connectivity index (χ0v) is 10.2. The van der Waals surface area contributed by atoms with Crippen molar-refractivity contribution in [2.45, 2.75) is 37.5 Å². The molecule has 1 heterocycles. The molecule has 3 aliphatic rings. The second-order valence-corrected chi connectivity index (χ2v) is 6.39. The lowest BCUT2D eigenvalue weighted by atomic mass is 10.0. The number of aromatic nitrogens is 1. The van der Waals surface area contributed by atoms with Crippen LogP contribution in [0.5, 0.6) is 0 Å². The molecule has 0 saturated heterocycles. The van der Waals surface area contributed by atoms with Gasteiger partial charge < -0.3 is 4.42 Å². The van der Waals surface area contributed by atoms with Gasteiger partial charge in [0.05, 0.1) is 6.20 Å². The van der Waals surface area contributed by atoms with E-state index < -0.39 is 0 Å². The first-order chi connectivity index (χ1) is 7.75. The molecule has 5 unspecified atom stereocenters. The van der Waals surface area contributed by atoms with Crippen molar-refractivity contribution in [2.24, 2.45) is 23.7 Å². The molecule has 3 aliphatic carbocycles. The summed E-state index contributed by atoms with van der Waals surface area (Å²) in [6.45, 7) is 1.91. The van der Waals surface area contributed by atoms with Crippen LogP contribution in [-0.4, -0.2) is 4.98 Å². The highest BCUT2D eigenvalue weighted by atomic mass is 35.5. The number of hydrogen-bond acceptors (Lipinski definition) is 2. The third-order valence-electron chi connectivity index (χ3n) is 4.95. The summed E-state index contributed by atoms with van der Waals surface area (Å²) in [5, 5.41) is -0.107. The molecule has 0 spiro atoms. The van der Waals surface area contributed by atoms with Crippen LogP contribution >= 0.6 is 11.6 Å². The van der Waals surface area contributed by atoms with Crippen molar-refractivity contribution in [1.82, 2.24) is 4.98 Å². The van der Waals surface area contributed by atoms with Crippen LogP contribution in [0, 0.1) is 23.7 Å². The van der Waals surface area contributed by atoms with Crippen molar-refractivity contribution in [3.8, 4) is 0 Å². The van der Waals surface area contributed by atoms with E-state index in [-0.39, 0.29) is 5.38 Å². The molecular weight excluding hydrogens is 222 g/mol. The van der Waals surface area contributed by atoms with Crippen LogP contribution in [0.3, 0.4) is 0 Å². The van der Waals surface area contributed by atoms with Gasteiger partial charge in [-0.3, -0.25) is 0 Å². The number of nitrogens with zero attached hydrogens (tertiary/aromatic N) is 1. The highest BCUT2D eigenvalue weighted by Gasteiger charge is 2.66. The summed E-state index contributed by atoms with van der Waals surface area (Å²) in [7, 11) is 0. The standard InChI is InChI=1S/C13H16ClNO/c1-6(14)13-15-5-9(16-13)12-10-7-2-3-8(4-7)11(10)12/h5-8,10-12H,2-4H2,1H3. The third kappa shape index (κ3) is 1.11. The molecule has 0 radical (unpaired) electrons. The highest BCUT2D eigenvalue weighted by Crippen LogP contribution is 2.73. The van der Waals surface area contributed by atoms with Gasteiger partial charge in [-0.1, -0.05) is 0 Å².